The van der Waals surface area contributed by atoms with Crippen molar-refractivity contribution in [2.75, 3.05) is 13.1 Å². The van der Waals surface area contributed by atoms with Gasteiger partial charge < -0.3 is 10.4 Å². The molecule has 2 N–H and O–H groups in total. The molecule has 1 fully saturated rings. The third-order valence-electron chi connectivity index (χ3n) is 3.65. The summed E-state index contributed by atoms with van der Waals surface area (Å²) in [6.07, 6.45) is 4.33. The Morgan fingerprint density at radius 1 is 1.22 bits per heavy atom. The van der Waals surface area contributed by atoms with Crippen molar-refractivity contribution in [3.63, 3.8) is 0 Å². The van der Waals surface area contributed by atoms with E-state index < -0.39 is 5.60 Å². The summed E-state index contributed by atoms with van der Waals surface area (Å²) < 4.78 is 0. The van der Waals surface area contributed by atoms with E-state index in [1.165, 1.54) is 0 Å². The molecular formula is C14H19Cl2NO. The zero-order valence-corrected chi connectivity index (χ0v) is 11.9. The minimum atomic E-state index is -0.490. The van der Waals surface area contributed by atoms with E-state index in [2.05, 4.69) is 5.32 Å². The van der Waals surface area contributed by atoms with E-state index in [4.69, 9.17) is 23.2 Å². The smallest absolute Gasteiger partial charge is 0.0672 e. The van der Waals surface area contributed by atoms with Crippen molar-refractivity contribution in [3.8, 4) is 0 Å². The highest BCUT2D eigenvalue weighted by molar-refractivity contribution is 6.42. The summed E-state index contributed by atoms with van der Waals surface area (Å²) in [5.74, 6) is 0. The summed E-state index contributed by atoms with van der Waals surface area (Å²) in [5.41, 5.74) is 0.581. The predicted molar refractivity (Wildman–Crippen MR) is 76.5 cm³/mol. The van der Waals surface area contributed by atoms with Gasteiger partial charge in [0.15, 0.2) is 0 Å². The van der Waals surface area contributed by atoms with Crippen LogP contribution < -0.4 is 5.32 Å². The largest absolute Gasteiger partial charge is 0.390 e. The molecule has 18 heavy (non-hydrogen) atoms. The lowest BCUT2D eigenvalue weighted by atomic mass is 9.87. The Hall–Kier alpha value is -0.280. The molecule has 0 aromatic heterocycles. The monoisotopic (exact) mass is 287 g/mol. The van der Waals surface area contributed by atoms with Gasteiger partial charge in [0.25, 0.3) is 0 Å². The van der Waals surface area contributed by atoms with Gasteiger partial charge in [0.1, 0.15) is 0 Å². The van der Waals surface area contributed by atoms with Gasteiger partial charge in [-0.15, -0.1) is 0 Å². The fourth-order valence-electron chi connectivity index (χ4n) is 2.49. The van der Waals surface area contributed by atoms with Crippen LogP contribution in [0.25, 0.3) is 0 Å². The average molecular weight is 288 g/mol. The van der Waals surface area contributed by atoms with Gasteiger partial charge in [-0.3, -0.25) is 0 Å². The topological polar surface area (TPSA) is 32.3 Å². The lowest BCUT2D eigenvalue weighted by molar-refractivity contribution is 0.000922. The van der Waals surface area contributed by atoms with Crippen LogP contribution in [0.4, 0.5) is 0 Å². The number of halogens is 2. The Morgan fingerprint density at radius 2 is 1.94 bits per heavy atom. The summed E-state index contributed by atoms with van der Waals surface area (Å²) >= 11 is 12.1. The molecule has 0 spiro atoms. The Labute approximate surface area is 118 Å². The van der Waals surface area contributed by atoms with Crippen molar-refractivity contribution in [3.05, 3.63) is 33.8 Å². The van der Waals surface area contributed by atoms with Crippen LogP contribution in [0.3, 0.4) is 0 Å². The van der Waals surface area contributed by atoms with Crippen molar-refractivity contribution in [2.24, 2.45) is 0 Å². The van der Waals surface area contributed by atoms with Gasteiger partial charge in [0.2, 0.25) is 0 Å². The van der Waals surface area contributed by atoms with Gasteiger partial charge >= 0.3 is 0 Å². The van der Waals surface area contributed by atoms with E-state index in [0.717, 1.165) is 50.8 Å². The molecule has 1 saturated heterocycles. The Morgan fingerprint density at radius 3 is 2.67 bits per heavy atom. The van der Waals surface area contributed by atoms with Gasteiger partial charge in [-0.2, -0.15) is 0 Å². The number of benzene rings is 1. The van der Waals surface area contributed by atoms with Crippen LogP contribution in [0.5, 0.6) is 0 Å². The average Bonchev–Trinajstić information content (AvgIpc) is 2.35. The molecule has 0 aliphatic carbocycles. The quantitative estimate of drug-likeness (QED) is 0.889. The standard InChI is InChI=1S/C14H19Cl2NO/c15-12-5-1-3-11(13(12)16)4-2-6-14(18)7-9-17-10-8-14/h1,3,5,17-18H,2,4,6-10H2. The summed E-state index contributed by atoms with van der Waals surface area (Å²) in [6, 6.07) is 5.72. The van der Waals surface area contributed by atoms with Gasteiger partial charge in [0.05, 0.1) is 15.6 Å². The normalized spacial score (nSPS) is 18.8. The molecule has 100 valence electrons. The number of rotatable bonds is 4. The van der Waals surface area contributed by atoms with Crippen LogP contribution >= 0.6 is 23.2 Å². The molecular weight excluding hydrogens is 269 g/mol. The second-order valence-corrected chi connectivity index (χ2v) is 5.83. The van der Waals surface area contributed by atoms with Crippen molar-refractivity contribution in [1.29, 1.82) is 0 Å². The number of nitrogens with one attached hydrogen (secondary N) is 1. The zero-order chi connectivity index (χ0) is 13.0. The predicted octanol–water partition coefficient (Wildman–Crippen LogP) is 3.43. The number of hydrogen-bond acceptors (Lipinski definition) is 2. The molecule has 2 nitrogen and oxygen atoms in total. The van der Waals surface area contributed by atoms with E-state index in [9.17, 15) is 5.11 Å². The lowest BCUT2D eigenvalue weighted by Crippen LogP contribution is -2.41. The molecule has 1 aliphatic heterocycles. The van der Waals surface area contributed by atoms with E-state index >= 15 is 0 Å². The van der Waals surface area contributed by atoms with Gasteiger partial charge in [0, 0.05) is 0 Å². The summed E-state index contributed by atoms with van der Waals surface area (Å²) in [6.45, 7) is 1.82. The highest BCUT2D eigenvalue weighted by atomic mass is 35.5. The van der Waals surface area contributed by atoms with Gasteiger partial charge in [-0.1, -0.05) is 35.3 Å². The molecule has 0 saturated carbocycles. The molecule has 4 heteroatoms. The Balaban J connectivity index is 1.86. The molecule has 1 aromatic carbocycles. The first-order valence-electron chi connectivity index (χ1n) is 6.47. The molecule has 0 unspecified atom stereocenters. The maximum atomic E-state index is 10.4. The van der Waals surface area contributed by atoms with Crippen LogP contribution in [-0.4, -0.2) is 23.8 Å². The minimum absolute atomic E-state index is 0.490. The van der Waals surface area contributed by atoms with Crippen molar-refractivity contribution >= 4 is 23.2 Å². The van der Waals surface area contributed by atoms with Crippen LogP contribution in [0.15, 0.2) is 18.2 Å². The fraction of sp³-hybridized carbons (Fsp3) is 0.571. The number of aryl methyl sites for hydroxylation is 1. The Bertz CT molecular complexity index is 403. The van der Waals surface area contributed by atoms with Gasteiger partial charge in [-0.25, -0.2) is 0 Å². The molecule has 1 aliphatic rings. The maximum absolute atomic E-state index is 10.4. The van der Waals surface area contributed by atoms with Crippen LogP contribution in [-0.2, 0) is 6.42 Å². The van der Waals surface area contributed by atoms with E-state index in [0.29, 0.717) is 10.0 Å². The first-order chi connectivity index (χ1) is 8.61. The molecule has 2 rings (SSSR count). The SMILES string of the molecule is OC1(CCCc2cccc(Cl)c2Cl)CCNCC1. The zero-order valence-electron chi connectivity index (χ0n) is 10.4. The minimum Gasteiger partial charge on any atom is -0.390 e. The second-order valence-electron chi connectivity index (χ2n) is 5.04. The molecule has 0 bridgehead atoms. The van der Waals surface area contributed by atoms with Crippen molar-refractivity contribution in [1.82, 2.24) is 5.32 Å². The van der Waals surface area contributed by atoms with Crippen molar-refractivity contribution in [2.45, 2.75) is 37.7 Å². The summed E-state index contributed by atoms with van der Waals surface area (Å²) in [7, 11) is 0. The van der Waals surface area contributed by atoms with E-state index in [-0.39, 0.29) is 0 Å². The van der Waals surface area contributed by atoms with Gasteiger partial charge in [-0.05, 0) is 56.8 Å². The molecule has 1 heterocycles. The first-order valence-corrected chi connectivity index (χ1v) is 7.22. The van der Waals surface area contributed by atoms with Crippen LogP contribution in [0, 0.1) is 0 Å². The third-order valence-corrected chi connectivity index (χ3v) is 4.51. The Kier molecular flexibility index (Phi) is 4.91. The fourth-order valence-corrected chi connectivity index (χ4v) is 2.91. The first kappa shape index (κ1) is 14.1. The van der Waals surface area contributed by atoms with Crippen LogP contribution in [0.2, 0.25) is 10.0 Å². The van der Waals surface area contributed by atoms with E-state index in [1.54, 1.807) is 6.07 Å². The molecule has 0 amide bonds. The molecule has 0 atom stereocenters. The summed E-state index contributed by atoms with van der Waals surface area (Å²) in [4.78, 5) is 0. The highest BCUT2D eigenvalue weighted by Gasteiger charge is 2.28. The van der Waals surface area contributed by atoms with E-state index in [1.807, 2.05) is 12.1 Å². The number of hydrogen-bond donors (Lipinski definition) is 2. The lowest BCUT2D eigenvalue weighted by Gasteiger charge is -2.32. The number of aliphatic hydroxyl groups is 1. The van der Waals surface area contributed by atoms with Crippen molar-refractivity contribution < 1.29 is 5.11 Å². The maximum Gasteiger partial charge on any atom is 0.0672 e. The highest BCUT2D eigenvalue weighted by Crippen LogP contribution is 2.29. The third kappa shape index (κ3) is 3.61. The number of piperidine rings is 1. The molecule has 0 radical (unpaired) electrons. The second kappa shape index (κ2) is 6.25. The summed E-state index contributed by atoms with van der Waals surface area (Å²) in [5, 5.41) is 14.9. The molecule has 1 aromatic rings. The van der Waals surface area contributed by atoms with Crippen LogP contribution in [0.1, 0.15) is 31.2 Å².